The average molecular weight is 442 g/mol. The molecule has 3 aromatic rings. The fraction of sp³-hybridized carbons (Fsp3) is 0.188. The van der Waals surface area contributed by atoms with Crippen LogP contribution >= 0.6 is 39.3 Å². The number of nitrogens with zero attached hydrogens (tertiary/aromatic N) is 2. The Kier molecular flexibility index (Phi) is 5.51. The van der Waals surface area contributed by atoms with E-state index in [0.717, 1.165) is 15.7 Å². The molecule has 3 rings (SSSR count). The Morgan fingerprint density at radius 3 is 2.92 bits per heavy atom. The molecule has 1 amide bonds. The molecule has 6 nitrogen and oxygen atoms in total. The third-order valence-corrected chi connectivity index (χ3v) is 5.33. The van der Waals surface area contributed by atoms with E-state index in [1.165, 1.54) is 11.8 Å². The number of imidazole rings is 1. The van der Waals surface area contributed by atoms with Gasteiger partial charge >= 0.3 is 0 Å². The molecule has 2 aromatic heterocycles. The first kappa shape index (κ1) is 18.0. The molecule has 0 spiro atoms. The van der Waals surface area contributed by atoms with Gasteiger partial charge < -0.3 is 15.0 Å². The number of amides is 1. The van der Waals surface area contributed by atoms with E-state index in [1.807, 2.05) is 13.0 Å². The Bertz CT molecular complexity index is 908. The third kappa shape index (κ3) is 4.26. The summed E-state index contributed by atoms with van der Waals surface area (Å²) in [5.41, 5.74) is 2.93. The van der Waals surface area contributed by atoms with E-state index in [4.69, 9.17) is 16.3 Å². The highest BCUT2D eigenvalue weighted by molar-refractivity contribution is 9.10. The number of aromatic nitrogens is 3. The van der Waals surface area contributed by atoms with Crippen LogP contribution in [0.15, 0.2) is 33.9 Å². The van der Waals surface area contributed by atoms with Crippen molar-refractivity contribution in [3.63, 3.8) is 0 Å². The zero-order valence-corrected chi connectivity index (χ0v) is 16.6. The maximum Gasteiger partial charge on any atom is 0.234 e. The number of nitrogens with one attached hydrogen (secondary N) is 2. The minimum Gasteiger partial charge on any atom is -0.495 e. The van der Waals surface area contributed by atoms with Gasteiger partial charge in [-0.1, -0.05) is 23.4 Å². The second-order valence-corrected chi connectivity index (χ2v) is 7.38. The fourth-order valence-corrected chi connectivity index (χ4v) is 3.38. The summed E-state index contributed by atoms with van der Waals surface area (Å²) in [5.74, 6) is 0.617. The molecule has 0 atom stereocenters. The van der Waals surface area contributed by atoms with Gasteiger partial charge in [-0.2, -0.15) is 0 Å². The predicted molar refractivity (Wildman–Crippen MR) is 104 cm³/mol. The molecule has 0 aliphatic carbocycles. The van der Waals surface area contributed by atoms with Gasteiger partial charge in [-0.15, -0.1) is 0 Å². The van der Waals surface area contributed by atoms with E-state index in [-0.39, 0.29) is 11.7 Å². The average Bonchev–Trinajstić information content (AvgIpc) is 2.95. The van der Waals surface area contributed by atoms with Gasteiger partial charge in [-0.25, -0.2) is 9.97 Å². The van der Waals surface area contributed by atoms with Crippen LogP contribution in [0.25, 0.3) is 11.2 Å². The third-order valence-electron chi connectivity index (χ3n) is 3.36. The van der Waals surface area contributed by atoms with Gasteiger partial charge in [0.2, 0.25) is 5.91 Å². The zero-order valence-electron chi connectivity index (χ0n) is 13.4. The van der Waals surface area contributed by atoms with Crippen LogP contribution in [0.1, 0.15) is 5.69 Å². The molecule has 0 unspecified atom stereocenters. The van der Waals surface area contributed by atoms with Crippen molar-refractivity contribution in [1.82, 2.24) is 15.0 Å². The number of thioether (sulfide) groups is 1. The Morgan fingerprint density at radius 1 is 1.40 bits per heavy atom. The van der Waals surface area contributed by atoms with Crippen LogP contribution < -0.4 is 10.1 Å². The number of carbonyl (C=O) groups is 1. The smallest absolute Gasteiger partial charge is 0.234 e. The highest BCUT2D eigenvalue weighted by Crippen LogP contribution is 2.27. The monoisotopic (exact) mass is 440 g/mol. The largest absolute Gasteiger partial charge is 0.495 e. The number of hydrogen-bond donors (Lipinski definition) is 2. The highest BCUT2D eigenvalue weighted by Gasteiger charge is 2.10. The quantitative estimate of drug-likeness (QED) is 0.573. The van der Waals surface area contributed by atoms with Crippen molar-refractivity contribution in [2.24, 2.45) is 0 Å². The summed E-state index contributed by atoms with van der Waals surface area (Å²) in [6, 6.07) is 7.01. The number of carbonyl (C=O) groups excluding carboxylic acids is 1. The van der Waals surface area contributed by atoms with Crippen molar-refractivity contribution in [3.8, 4) is 5.75 Å². The molecule has 0 saturated carbocycles. The molecule has 9 heteroatoms. The van der Waals surface area contributed by atoms with E-state index >= 15 is 0 Å². The van der Waals surface area contributed by atoms with Crippen molar-refractivity contribution in [2.75, 3.05) is 18.2 Å². The van der Waals surface area contributed by atoms with Crippen LogP contribution in [0.5, 0.6) is 5.75 Å². The lowest BCUT2D eigenvalue weighted by Crippen LogP contribution is -2.14. The van der Waals surface area contributed by atoms with Crippen molar-refractivity contribution in [2.45, 2.75) is 12.1 Å². The van der Waals surface area contributed by atoms with Gasteiger partial charge in [-0.3, -0.25) is 4.79 Å². The van der Waals surface area contributed by atoms with E-state index in [1.54, 1.807) is 25.3 Å². The minimum absolute atomic E-state index is 0.156. The molecule has 2 N–H and O–H groups in total. The minimum atomic E-state index is -0.156. The number of methoxy groups -OCH3 is 1. The Labute approximate surface area is 161 Å². The van der Waals surface area contributed by atoms with Crippen LogP contribution in [-0.4, -0.2) is 33.7 Å². The Morgan fingerprint density at radius 2 is 2.20 bits per heavy atom. The molecule has 0 aliphatic heterocycles. The van der Waals surface area contributed by atoms with Crippen LogP contribution in [0.2, 0.25) is 5.02 Å². The van der Waals surface area contributed by atoms with Crippen LogP contribution in [-0.2, 0) is 4.79 Å². The number of fused-ring (bicyclic) bond motifs is 1. The molecule has 130 valence electrons. The van der Waals surface area contributed by atoms with Crippen LogP contribution in [0.4, 0.5) is 5.69 Å². The zero-order chi connectivity index (χ0) is 18.0. The lowest BCUT2D eigenvalue weighted by Gasteiger charge is -2.07. The van der Waals surface area contributed by atoms with Gasteiger partial charge in [-0.05, 0) is 47.1 Å². The number of aryl methyl sites for hydroxylation is 1. The number of H-pyrrole nitrogens is 1. The van der Waals surface area contributed by atoms with Gasteiger partial charge in [0.15, 0.2) is 10.8 Å². The number of benzene rings is 1. The summed E-state index contributed by atoms with van der Waals surface area (Å²) in [7, 11) is 1.54. The SMILES string of the molecule is COc1ccc(NC(=O)CSc2nc3nc(C)c(Br)cc3[nH]2)cc1Cl. The first-order valence-electron chi connectivity index (χ1n) is 7.25. The van der Waals surface area contributed by atoms with Crippen molar-refractivity contribution in [1.29, 1.82) is 0 Å². The normalized spacial score (nSPS) is 10.9. The Hall–Kier alpha value is -1.77. The van der Waals surface area contributed by atoms with Crippen molar-refractivity contribution >= 4 is 62.1 Å². The molecule has 1 aromatic carbocycles. The summed E-state index contributed by atoms with van der Waals surface area (Å²) >= 11 is 10.8. The molecular weight excluding hydrogens is 428 g/mol. The lowest BCUT2D eigenvalue weighted by molar-refractivity contribution is -0.113. The highest BCUT2D eigenvalue weighted by atomic mass is 79.9. The molecule has 0 radical (unpaired) electrons. The first-order chi connectivity index (χ1) is 12.0. The number of rotatable bonds is 5. The van der Waals surface area contributed by atoms with E-state index in [9.17, 15) is 4.79 Å². The lowest BCUT2D eigenvalue weighted by atomic mass is 10.3. The number of anilines is 1. The molecule has 2 heterocycles. The van der Waals surface area contributed by atoms with Gasteiger partial charge in [0.25, 0.3) is 0 Å². The Balaban J connectivity index is 1.63. The molecule has 0 saturated heterocycles. The van der Waals surface area contributed by atoms with Crippen LogP contribution in [0, 0.1) is 6.92 Å². The molecule has 0 fully saturated rings. The first-order valence-corrected chi connectivity index (χ1v) is 9.41. The molecule has 0 bridgehead atoms. The standard InChI is InChI=1S/C16H14BrClN4O2S/c1-8-10(17)6-12-15(19-8)22-16(21-12)25-7-14(23)20-9-3-4-13(24-2)11(18)5-9/h3-6H,7H2,1-2H3,(H,20,23)(H,19,21,22). The van der Waals surface area contributed by atoms with Gasteiger partial charge in [0.05, 0.1) is 29.1 Å². The van der Waals surface area contributed by atoms with Gasteiger partial charge in [0, 0.05) is 10.2 Å². The summed E-state index contributed by atoms with van der Waals surface area (Å²) in [4.78, 5) is 24.0. The van der Waals surface area contributed by atoms with E-state index in [0.29, 0.717) is 27.3 Å². The van der Waals surface area contributed by atoms with Crippen molar-refractivity contribution < 1.29 is 9.53 Å². The van der Waals surface area contributed by atoms with E-state index < -0.39 is 0 Å². The van der Waals surface area contributed by atoms with E-state index in [2.05, 4.69) is 36.2 Å². The number of ether oxygens (including phenoxy) is 1. The van der Waals surface area contributed by atoms with Crippen molar-refractivity contribution in [3.05, 3.63) is 39.5 Å². The molecule has 25 heavy (non-hydrogen) atoms. The maximum atomic E-state index is 12.1. The number of hydrogen-bond acceptors (Lipinski definition) is 5. The predicted octanol–water partition coefficient (Wildman–Crippen LogP) is 4.42. The maximum absolute atomic E-state index is 12.1. The number of aromatic amines is 1. The summed E-state index contributed by atoms with van der Waals surface area (Å²) in [5, 5.41) is 3.88. The summed E-state index contributed by atoms with van der Waals surface area (Å²) < 4.78 is 6.00. The molecule has 0 aliphatic rings. The number of pyridine rings is 1. The van der Waals surface area contributed by atoms with Crippen LogP contribution in [0.3, 0.4) is 0 Å². The number of halogens is 2. The fourth-order valence-electron chi connectivity index (χ4n) is 2.13. The van der Waals surface area contributed by atoms with Gasteiger partial charge in [0.1, 0.15) is 5.75 Å². The topological polar surface area (TPSA) is 79.9 Å². The summed E-state index contributed by atoms with van der Waals surface area (Å²) in [6.07, 6.45) is 0. The molecular formula is C16H14BrClN4O2S. The second kappa shape index (κ2) is 7.63. The summed E-state index contributed by atoms with van der Waals surface area (Å²) in [6.45, 7) is 1.90. The second-order valence-electron chi connectivity index (χ2n) is 5.15.